The SMILES string of the molecule is N.OC(Cl)(Cl)Cl. The summed E-state index contributed by atoms with van der Waals surface area (Å²) < 4.78 is -2.08. The van der Waals surface area contributed by atoms with Crippen molar-refractivity contribution in [2.24, 2.45) is 0 Å². The lowest BCUT2D eigenvalue weighted by molar-refractivity contribution is 0.297. The Labute approximate surface area is 50.6 Å². The number of hydrogen-bond donors (Lipinski definition) is 2. The van der Waals surface area contributed by atoms with Gasteiger partial charge in [0.15, 0.2) is 0 Å². The molecule has 0 aliphatic rings. The van der Waals surface area contributed by atoms with Crippen molar-refractivity contribution in [2.75, 3.05) is 0 Å². The van der Waals surface area contributed by atoms with Gasteiger partial charge in [-0.25, -0.2) is 0 Å². The van der Waals surface area contributed by atoms with Crippen LogP contribution in [-0.2, 0) is 0 Å². The number of halogens is 3. The highest BCUT2D eigenvalue weighted by molar-refractivity contribution is 6.65. The second kappa shape index (κ2) is 2.88. The van der Waals surface area contributed by atoms with Crippen LogP contribution in [0.4, 0.5) is 0 Å². The van der Waals surface area contributed by atoms with Gasteiger partial charge in [-0.2, -0.15) is 0 Å². The molecular weight excluding hydrogens is 148 g/mol. The fraction of sp³-hybridized carbons (Fsp3) is 1.00. The van der Waals surface area contributed by atoms with Crippen LogP contribution in [0.1, 0.15) is 0 Å². The van der Waals surface area contributed by atoms with Crippen molar-refractivity contribution in [1.29, 1.82) is 0 Å². The molecule has 0 saturated heterocycles. The number of rotatable bonds is 0. The molecule has 0 aromatic rings. The van der Waals surface area contributed by atoms with Crippen LogP contribution in [0.25, 0.3) is 0 Å². The standard InChI is InChI=1S/CHCl3O.H3N/c2-1(3,4)5;/h5H;1H3. The molecule has 5 heteroatoms. The Bertz CT molecular complexity index is 26.3. The minimum atomic E-state index is -2.08. The minimum Gasteiger partial charge on any atom is -0.350 e. The van der Waals surface area contributed by atoms with Crippen LogP contribution in [0.15, 0.2) is 0 Å². The van der Waals surface area contributed by atoms with Gasteiger partial charge in [0.05, 0.1) is 0 Å². The van der Waals surface area contributed by atoms with Crippen LogP contribution in [0.5, 0.6) is 0 Å². The summed E-state index contributed by atoms with van der Waals surface area (Å²) in [5.74, 6) is 0. The van der Waals surface area contributed by atoms with E-state index in [-0.39, 0.29) is 6.15 Å². The molecule has 0 aliphatic carbocycles. The predicted molar refractivity (Wildman–Crippen MR) is 27.5 cm³/mol. The largest absolute Gasteiger partial charge is 0.350 e. The summed E-state index contributed by atoms with van der Waals surface area (Å²) in [7, 11) is 0. The number of alkyl halides is 3. The molecule has 4 N–H and O–H groups in total. The lowest BCUT2D eigenvalue weighted by Crippen LogP contribution is -1.95. The Morgan fingerprint density at radius 2 is 1.17 bits per heavy atom. The van der Waals surface area contributed by atoms with Gasteiger partial charge >= 0.3 is 0 Å². The molecule has 0 saturated carbocycles. The van der Waals surface area contributed by atoms with Gasteiger partial charge in [0.1, 0.15) is 0 Å². The van der Waals surface area contributed by atoms with E-state index in [0.717, 1.165) is 0 Å². The number of aliphatic hydroxyl groups is 1. The van der Waals surface area contributed by atoms with Gasteiger partial charge in [-0.05, 0) is 0 Å². The van der Waals surface area contributed by atoms with Gasteiger partial charge in [-0.3, -0.25) is 0 Å². The molecule has 0 aromatic carbocycles. The molecular formula is CH4Cl3NO. The van der Waals surface area contributed by atoms with E-state index in [4.69, 9.17) is 5.11 Å². The molecule has 0 atom stereocenters. The Kier molecular flexibility index (Phi) is 4.76. The van der Waals surface area contributed by atoms with Gasteiger partial charge in [-0.15, -0.1) is 0 Å². The second-order valence-electron chi connectivity index (χ2n) is 0.468. The van der Waals surface area contributed by atoms with Gasteiger partial charge in [-0.1, -0.05) is 34.8 Å². The molecule has 0 aliphatic heterocycles. The van der Waals surface area contributed by atoms with E-state index in [1.807, 2.05) is 0 Å². The van der Waals surface area contributed by atoms with Crippen molar-refractivity contribution < 1.29 is 5.11 Å². The summed E-state index contributed by atoms with van der Waals surface area (Å²) >= 11 is 13.8. The number of hydrogen-bond acceptors (Lipinski definition) is 2. The first-order valence-electron chi connectivity index (χ1n) is 0.791. The smallest absolute Gasteiger partial charge is 0.294 e. The fourth-order valence-electron chi connectivity index (χ4n) is 0. The van der Waals surface area contributed by atoms with E-state index in [9.17, 15) is 0 Å². The quantitative estimate of drug-likeness (QED) is 0.517. The van der Waals surface area contributed by atoms with Crippen molar-refractivity contribution >= 4 is 34.8 Å². The van der Waals surface area contributed by atoms with Crippen LogP contribution in [-0.4, -0.2) is 9.09 Å². The topological polar surface area (TPSA) is 55.2 Å². The zero-order valence-electron chi connectivity index (χ0n) is 2.79. The molecule has 0 aromatic heterocycles. The first-order valence-corrected chi connectivity index (χ1v) is 1.92. The highest BCUT2D eigenvalue weighted by Crippen LogP contribution is 2.19. The van der Waals surface area contributed by atoms with Crippen LogP contribution in [0.3, 0.4) is 0 Å². The third-order valence-electron chi connectivity index (χ3n) is 0. The normalized spacial score (nSPS) is 10.0. The zero-order valence-corrected chi connectivity index (χ0v) is 5.06. The van der Waals surface area contributed by atoms with Gasteiger partial charge < -0.3 is 11.3 Å². The summed E-state index contributed by atoms with van der Waals surface area (Å²) in [6.45, 7) is 0. The summed E-state index contributed by atoms with van der Waals surface area (Å²) in [6, 6.07) is 0. The molecule has 6 heavy (non-hydrogen) atoms. The van der Waals surface area contributed by atoms with Gasteiger partial charge in [0, 0.05) is 0 Å². The van der Waals surface area contributed by atoms with Crippen molar-refractivity contribution in [1.82, 2.24) is 6.15 Å². The molecule has 0 rings (SSSR count). The van der Waals surface area contributed by atoms with E-state index in [1.165, 1.54) is 0 Å². The highest BCUT2D eigenvalue weighted by Gasteiger charge is 2.10. The lowest BCUT2D eigenvalue weighted by Gasteiger charge is -1.93. The van der Waals surface area contributed by atoms with E-state index in [1.54, 1.807) is 0 Å². The first-order chi connectivity index (χ1) is 2.00. The average Bonchev–Trinajstić information content (AvgIpc) is 0.722. The molecule has 0 fully saturated rings. The van der Waals surface area contributed by atoms with E-state index in [0.29, 0.717) is 0 Å². The summed E-state index contributed by atoms with van der Waals surface area (Å²) in [5, 5.41) is 7.82. The maximum Gasteiger partial charge on any atom is 0.294 e. The Hall–Kier alpha value is 0.790. The van der Waals surface area contributed by atoms with Gasteiger partial charge in [0.25, 0.3) is 3.98 Å². The lowest BCUT2D eigenvalue weighted by atomic mass is 11.7. The Morgan fingerprint density at radius 3 is 1.17 bits per heavy atom. The Balaban J connectivity index is 0. The van der Waals surface area contributed by atoms with E-state index >= 15 is 0 Å². The molecule has 0 spiro atoms. The maximum absolute atomic E-state index is 7.82. The molecule has 40 valence electrons. The van der Waals surface area contributed by atoms with Crippen molar-refractivity contribution in [3.8, 4) is 0 Å². The predicted octanol–water partition coefficient (Wildman–Crippen LogP) is 1.47. The third kappa shape index (κ3) is 110. The maximum atomic E-state index is 7.82. The monoisotopic (exact) mass is 151 g/mol. The van der Waals surface area contributed by atoms with Crippen molar-refractivity contribution in [3.05, 3.63) is 0 Å². The van der Waals surface area contributed by atoms with Crippen LogP contribution < -0.4 is 6.15 Å². The summed E-state index contributed by atoms with van der Waals surface area (Å²) in [4.78, 5) is 0. The minimum absolute atomic E-state index is 0. The van der Waals surface area contributed by atoms with E-state index in [2.05, 4.69) is 34.8 Å². The molecule has 0 unspecified atom stereocenters. The van der Waals surface area contributed by atoms with Crippen molar-refractivity contribution in [2.45, 2.75) is 3.98 Å². The summed E-state index contributed by atoms with van der Waals surface area (Å²) in [6.07, 6.45) is 0. The van der Waals surface area contributed by atoms with Crippen LogP contribution >= 0.6 is 34.8 Å². The highest BCUT2D eigenvalue weighted by atomic mass is 35.6. The first kappa shape index (κ1) is 9.92. The fourth-order valence-corrected chi connectivity index (χ4v) is 0. The molecule has 0 radical (unpaired) electrons. The summed E-state index contributed by atoms with van der Waals surface area (Å²) in [5.41, 5.74) is 0. The molecule has 0 amide bonds. The van der Waals surface area contributed by atoms with Gasteiger partial charge in [0.2, 0.25) is 0 Å². The van der Waals surface area contributed by atoms with Crippen molar-refractivity contribution in [3.63, 3.8) is 0 Å². The zero-order chi connectivity index (χ0) is 4.50. The van der Waals surface area contributed by atoms with Crippen LogP contribution in [0, 0.1) is 0 Å². The average molecular weight is 152 g/mol. The molecule has 0 heterocycles. The molecule has 0 bridgehead atoms. The third-order valence-corrected chi connectivity index (χ3v) is 0. The van der Waals surface area contributed by atoms with Crippen LogP contribution in [0.2, 0.25) is 0 Å². The Morgan fingerprint density at radius 1 is 1.17 bits per heavy atom. The molecule has 2 nitrogen and oxygen atoms in total. The van der Waals surface area contributed by atoms with E-state index < -0.39 is 3.98 Å². The second-order valence-corrected chi connectivity index (χ2v) is 2.69.